The van der Waals surface area contributed by atoms with Crippen LogP contribution in [0.25, 0.3) is 0 Å². The molecule has 0 aromatic carbocycles. The van der Waals surface area contributed by atoms with Gasteiger partial charge in [-0.3, -0.25) is 0 Å². The Balaban J connectivity index is 1.70. The number of rotatable bonds is 6. The summed E-state index contributed by atoms with van der Waals surface area (Å²) in [5.74, 6) is 2.11. The minimum Gasteiger partial charge on any atom is -0.393 e. The van der Waals surface area contributed by atoms with Crippen molar-refractivity contribution >= 4 is 0 Å². The Morgan fingerprint density at radius 1 is 1.23 bits per heavy atom. The fourth-order valence-corrected chi connectivity index (χ4v) is 6.74. The van der Waals surface area contributed by atoms with Crippen molar-refractivity contribution in [3.63, 3.8) is 0 Å². The van der Waals surface area contributed by atoms with E-state index in [1.807, 2.05) is 13.8 Å². The van der Waals surface area contributed by atoms with Crippen molar-refractivity contribution in [3.05, 3.63) is 35.5 Å². The van der Waals surface area contributed by atoms with E-state index in [0.29, 0.717) is 30.1 Å². The number of fused-ring (bicyclic) bond motifs is 1. The van der Waals surface area contributed by atoms with E-state index < -0.39 is 17.8 Å². The molecule has 3 saturated carbocycles. The first-order valence-corrected chi connectivity index (χ1v) is 12.2. The van der Waals surface area contributed by atoms with E-state index in [9.17, 15) is 15.3 Å². The Morgan fingerprint density at radius 2 is 1.97 bits per heavy atom. The molecule has 0 aromatic rings. The summed E-state index contributed by atoms with van der Waals surface area (Å²) in [6.45, 7) is 12.8. The summed E-state index contributed by atoms with van der Waals surface area (Å²) in [7, 11) is 0. The summed E-state index contributed by atoms with van der Waals surface area (Å²) in [5, 5.41) is 30.2. The molecule has 3 N–H and O–H groups in total. The lowest BCUT2D eigenvalue weighted by molar-refractivity contribution is 0.0596. The lowest BCUT2D eigenvalue weighted by atomic mass is 9.60. The maximum Gasteiger partial charge on any atom is 0.0811 e. The average molecular weight is 417 g/mol. The highest BCUT2D eigenvalue weighted by Crippen LogP contribution is 2.60. The minimum absolute atomic E-state index is 0.374. The number of aliphatic hydroxyl groups excluding tert-OH is 2. The molecule has 30 heavy (non-hydrogen) atoms. The molecule has 6 atom stereocenters. The van der Waals surface area contributed by atoms with E-state index in [1.165, 1.54) is 38.5 Å². The Labute approximate surface area is 184 Å². The van der Waals surface area contributed by atoms with Crippen LogP contribution in [0.1, 0.15) is 91.9 Å². The molecule has 0 saturated heterocycles. The van der Waals surface area contributed by atoms with E-state index in [0.717, 1.165) is 29.9 Å². The van der Waals surface area contributed by atoms with Gasteiger partial charge in [-0.25, -0.2) is 0 Å². The van der Waals surface area contributed by atoms with Crippen molar-refractivity contribution < 1.29 is 15.3 Å². The van der Waals surface area contributed by atoms with Crippen molar-refractivity contribution in [1.29, 1.82) is 0 Å². The zero-order valence-corrected chi connectivity index (χ0v) is 19.7. The van der Waals surface area contributed by atoms with Crippen LogP contribution in [0.2, 0.25) is 0 Å². The molecule has 0 amide bonds. The van der Waals surface area contributed by atoms with Crippen LogP contribution in [0, 0.1) is 23.2 Å². The van der Waals surface area contributed by atoms with Gasteiger partial charge < -0.3 is 15.3 Å². The maximum absolute atomic E-state index is 10.1. The predicted octanol–water partition coefficient (Wildman–Crippen LogP) is 5.70. The first kappa shape index (κ1) is 23.8. The molecule has 0 bridgehead atoms. The summed E-state index contributed by atoms with van der Waals surface area (Å²) in [5.41, 5.74) is 3.17. The Morgan fingerprint density at radius 3 is 2.67 bits per heavy atom. The third-order valence-corrected chi connectivity index (χ3v) is 8.44. The van der Waals surface area contributed by atoms with Crippen molar-refractivity contribution in [1.82, 2.24) is 0 Å². The Hall–Kier alpha value is -0.900. The van der Waals surface area contributed by atoms with Crippen LogP contribution in [0.5, 0.6) is 0 Å². The second kappa shape index (κ2) is 9.30. The number of allylic oxidation sites excluding steroid dienone is 3. The smallest absolute Gasteiger partial charge is 0.0811 e. The molecule has 0 heterocycles. The molecule has 0 aliphatic heterocycles. The zero-order chi connectivity index (χ0) is 22.1. The molecule has 3 aliphatic rings. The first-order valence-electron chi connectivity index (χ1n) is 12.2. The van der Waals surface area contributed by atoms with Crippen LogP contribution < -0.4 is 0 Å². The molecular formula is C27H44O3. The van der Waals surface area contributed by atoms with E-state index in [1.54, 1.807) is 5.57 Å². The molecule has 3 heteroatoms. The summed E-state index contributed by atoms with van der Waals surface area (Å²) < 4.78 is 0. The maximum atomic E-state index is 10.1. The monoisotopic (exact) mass is 416 g/mol. The fourth-order valence-electron chi connectivity index (χ4n) is 6.74. The second-order valence-electron chi connectivity index (χ2n) is 11.3. The first-order chi connectivity index (χ1) is 14.0. The Kier molecular flexibility index (Phi) is 7.37. The summed E-state index contributed by atoms with van der Waals surface area (Å²) in [6, 6.07) is 0. The van der Waals surface area contributed by atoms with E-state index in [2.05, 4.69) is 32.6 Å². The third kappa shape index (κ3) is 5.29. The van der Waals surface area contributed by atoms with Gasteiger partial charge in [0.25, 0.3) is 0 Å². The fraction of sp³-hybridized carbons (Fsp3) is 0.778. The molecule has 3 aliphatic carbocycles. The summed E-state index contributed by atoms with van der Waals surface area (Å²) >= 11 is 0. The van der Waals surface area contributed by atoms with E-state index in [-0.39, 0.29) is 0 Å². The van der Waals surface area contributed by atoms with Gasteiger partial charge in [0.15, 0.2) is 0 Å². The molecule has 0 spiro atoms. The van der Waals surface area contributed by atoms with Crippen LogP contribution in [-0.2, 0) is 0 Å². The lowest BCUT2D eigenvalue weighted by Gasteiger charge is -2.44. The molecule has 3 nitrogen and oxygen atoms in total. The van der Waals surface area contributed by atoms with Crippen LogP contribution in [-0.4, -0.2) is 33.1 Å². The second-order valence-corrected chi connectivity index (χ2v) is 11.3. The minimum atomic E-state index is -0.615. The van der Waals surface area contributed by atoms with Crippen LogP contribution in [0.4, 0.5) is 0 Å². The van der Waals surface area contributed by atoms with Gasteiger partial charge in [0, 0.05) is 6.42 Å². The zero-order valence-electron chi connectivity index (χ0n) is 19.7. The highest BCUT2D eigenvalue weighted by atomic mass is 16.3. The highest BCUT2D eigenvalue weighted by molar-refractivity contribution is 5.38. The van der Waals surface area contributed by atoms with E-state index >= 15 is 0 Å². The highest BCUT2D eigenvalue weighted by Gasteiger charge is 2.50. The molecule has 3 rings (SSSR count). The third-order valence-electron chi connectivity index (χ3n) is 8.44. The van der Waals surface area contributed by atoms with Crippen molar-refractivity contribution in [3.8, 4) is 0 Å². The van der Waals surface area contributed by atoms with Gasteiger partial charge in [0.1, 0.15) is 0 Å². The van der Waals surface area contributed by atoms with Gasteiger partial charge in [-0.1, -0.05) is 51.0 Å². The van der Waals surface area contributed by atoms with Gasteiger partial charge in [0.05, 0.1) is 17.8 Å². The van der Waals surface area contributed by atoms with Gasteiger partial charge >= 0.3 is 0 Å². The molecule has 3 fully saturated rings. The van der Waals surface area contributed by atoms with Crippen molar-refractivity contribution in [2.24, 2.45) is 23.2 Å². The van der Waals surface area contributed by atoms with Gasteiger partial charge in [-0.2, -0.15) is 0 Å². The van der Waals surface area contributed by atoms with Gasteiger partial charge in [0.2, 0.25) is 0 Å². The normalized spacial score (nSPS) is 38.8. The summed E-state index contributed by atoms with van der Waals surface area (Å²) in [4.78, 5) is 0. The van der Waals surface area contributed by atoms with Crippen molar-refractivity contribution in [2.45, 2.75) is 110 Å². The number of aliphatic hydroxyl groups is 3. The number of hydrogen-bond acceptors (Lipinski definition) is 3. The molecule has 2 unspecified atom stereocenters. The molecule has 0 aromatic heterocycles. The largest absolute Gasteiger partial charge is 0.393 e. The number of hydrogen-bond donors (Lipinski definition) is 3. The molecule has 0 radical (unpaired) electrons. The molecular weight excluding hydrogens is 372 g/mol. The van der Waals surface area contributed by atoms with Crippen LogP contribution in [0.15, 0.2) is 35.5 Å². The standard InChI is InChI=1S/C27H44O3/c1-18(8-6-14-26(3,4)30)23-12-13-24-20(9-7-15-27(23,24)5)10-11-21-16-22(28)17-25(29)19(21)2/h10-11,18,22-25,28-30H,2,6-9,12-17H2,1,3-5H3/b20-10+,21-11-/t18?,22?,23-,24-,25+,27-/m1/s1. The Bertz CT molecular complexity index is 683. The van der Waals surface area contributed by atoms with Gasteiger partial charge in [-0.05, 0) is 93.1 Å². The SMILES string of the molecule is C=C1/C(=C\C=C2/CCC[C@@]3(C)[C@@H]2CC[C@@H]3C(C)CCCC(C)(C)O)CC(O)C[C@@H]1O. The lowest BCUT2D eigenvalue weighted by Crippen LogP contribution is -2.36. The van der Waals surface area contributed by atoms with Crippen LogP contribution in [0.3, 0.4) is 0 Å². The predicted molar refractivity (Wildman–Crippen MR) is 124 cm³/mol. The molecule has 170 valence electrons. The van der Waals surface area contributed by atoms with E-state index in [4.69, 9.17) is 0 Å². The van der Waals surface area contributed by atoms with Gasteiger partial charge in [-0.15, -0.1) is 0 Å². The topological polar surface area (TPSA) is 60.7 Å². The quantitative estimate of drug-likeness (QED) is 0.520. The van der Waals surface area contributed by atoms with Crippen molar-refractivity contribution in [2.75, 3.05) is 0 Å². The van der Waals surface area contributed by atoms with Crippen LogP contribution >= 0.6 is 0 Å². The average Bonchev–Trinajstić information content (AvgIpc) is 3.00. The summed E-state index contributed by atoms with van der Waals surface area (Å²) in [6.07, 6.45) is 13.9.